The van der Waals surface area contributed by atoms with Gasteiger partial charge in [0.25, 0.3) is 5.91 Å². The monoisotopic (exact) mass is 377 g/mol. The van der Waals surface area contributed by atoms with Crippen molar-refractivity contribution in [3.63, 3.8) is 0 Å². The molecule has 1 saturated heterocycles. The van der Waals surface area contributed by atoms with Gasteiger partial charge in [0, 0.05) is 24.0 Å². The quantitative estimate of drug-likeness (QED) is 0.824. The molecule has 21 heavy (non-hydrogen) atoms. The lowest BCUT2D eigenvalue weighted by Gasteiger charge is -2.26. The molecular formula is C14H17BrClNO4. The van der Waals surface area contributed by atoms with Crippen LogP contribution < -0.4 is 10.1 Å². The van der Waals surface area contributed by atoms with Gasteiger partial charge in [0.2, 0.25) is 0 Å². The fraction of sp³-hybridized carbons (Fsp3) is 0.500. The number of amides is 1. The number of hydrogen-bond acceptors (Lipinski definition) is 4. The van der Waals surface area contributed by atoms with Gasteiger partial charge in [0.1, 0.15) is 11.4 Å². The summed E-state index contributed by atoms with van der Waals surface area (Å²) in [5.74, 6) is 0.118. The van der Waals surface area contributed by atoms with Crippen molar-refractivity contribution in [1.29, 1.82) is 0 Å². The lowest BCUT2D eigenvalue weighted by Crippen LogP contribution is -2.48. The van der Waals surface area contributed by atoms with Crippen molar-refractivity contribution in [2.75, 3.05) is 19.8 Å². The Morgan fingerprint density at radius 3 is 3.05 bits per heavy atom. The van der Waals surface area contributed by atoms with E-state index in [0.717, 1.165) is 4.47 Å². The molecular weight excluding hydrogens is 362 g/mol. The van der Waals surface area contributed by atoms with Gasteiger partial charge in [0.05, 0.1) is 11.1 Å². The van der Waals surface area contributed by atoms with E-state index < -0.39 is 5.60 Å². The molecule has 2 N–H and O–H groups in total. The van der Waals surface area contributed by atoms with Crippen molar-refractivity contribution in [3.05, 3.63) is 27.7 Å². The minimum Gasteiger partial charge on any atom is -0.482 e. The summed E-state index contributed by atoms with van der Waals surface area (Å²) >= 11 is 9.28. The molecule has 0 radical (unpaired) electrons. The molecule has 1 aromatic rings. The molecule has 116 valence electrons. The van der Waals surface area contributed by atoms with Crippen molar-refractivity contribution in [2.24, 2.45) is 0 Å². The van der Waals surface area contributed by atoms with Gasteiger partial charge in [-0.05, 0) is 25.1 Å². The third kappa shape index (κ3) is 4.32. The van der Waals surface area contributed by atoms with E-state index in [4.69, 9.17) is 21.1 Å². The van der Waals surface area contributed by atoms with Crippen LogP contribution in [0.1, 0.15) is 13.3 Å². The number of aliphatic hydroxyl groups is 1. The third-order valence-corrected chi connectivity index (χ3v) is 4.29. The average Bonchev–Trinajstić information content (AvgIpc) is 2.76. The molecule has 1 heterocycles. The van der Waals surface area contributed by atoms with Gasteiger partial charge in [-0.1, -0.05) is 27.5 Å². The van der Waals surface area contributed by atoms with Crippen molar-refractivity contribution in [2.45, 2.75) is 25.0 Å². The fourth-order valence-corrected chi connectivity index (χ4v) is 2.77. The zero-order valence-electron chi connectivity index (χ0n) is 11.6. The number of halogens is 2. The summed E-state index contributed by atoms with van der Waals surface area (Å²) in [6.07, 6.45) is 0.216. The lowest BCUT2D eigenvalue weighted by molar-refractivity contribution is -0.124. The van der Waals surface area contributed by atoms with Crippen LogP contribution in [0.25, 0.3) is 0 Å². The Bertz CT molecular complexity index is 528. The number of carbonyl (C=O) groups excluding carboxylic acids is 1. The zero-order chi connectivity index (χ0) is 15.5. The second-order valence-electron chi connectivity index (χ2n) is 5.01. The van der Waals surface area contributed by atoms with E-state index in [-0.39, 0.29) is 25.2 Å². The summed E-state index contributed by atoms with van der Waals surface area (Å²) in [5, 5.41) is 13.3. The molecule has 1 aliphatic heterocycles. The second-order valence-corrected chi connectivity index (χ2v) is 6.33. The molecule has 0 spiro atoms. The second kappa shape index (κ2) is 6.96. The molecule has 0 aromatic heterocycles. The minimum atomic E-state index is -1.01. The average molecular weight is 379 g/mol. The molecule has 1 fully saturated rings. The standard InChI is InChI=1S/C14H17BrClNO4/c1-9-14(19,4-5-20-9)8-17-13(18)7-21-12-3-2-10(15)6-11(12)16/h2-3,6,9,19H,4-5,7-8H2,1H3,(H,17,18). The van der Waals surface area contributed by atoms with Gasteiger partial charge in [-0.15, -0.1) is 0 Å². The van der Waals surface area contributed by atoms with Crippen LogP contribution in [0.4, 0.5) is 0 Å². The van der Waals surface area contributed by atoms with Crippen LogP contribution in [0.15, 0.2) is 22.7 Å². The first kappa shape index (κ1) is 16.5. The molecule has 2 atom stereocenters. The lowest BCUT2D eigenvalue weighted by atomic mass is 9.97. The number of rotatable bonds is 5. The van der Waals surface area contributed by atoms with Crippen LogP contribution in [-0.4, -0.2) is 42.5 Å². The first-order valence-electron chi connectivity index (χ1n) is 6.59. The normalized spacial score (nSPS) is 24.9. The van der Waals surface area contributed by atoms with E-state index in [1.807, 2.05) is 0 Å². The molecule has 1 aliphatic rings. The summed E-state index contributed by atoms with van der Waals surface area (Å²) in [6, 6.07) is 5.15. The number of hydrogen-bond donors (Lipinski definition) is 2. The molecule has 0 saturated carbocycles. The summed E-state index contributed by atoms with van der Waals surface area (Å²) in [4.78, 5) is 11.8. The largest absolute Gasteiger partial charge is 0.482 e. The molecule has 7 heteroatoms. The number of nitrogens with one attached hydrogen (secondary N) is 1. The maximum Gasteiger partial charge on any atom is 0.258 e. The van der Waals surface area contributed by atoms with E-state index >= 15 is 0 Å². The number of benzene rings is 1. The van der Waals surface area contributed by atoms with Gasteiger partial charge in [-0.25, -0.2) is 0 Å². The summed E-state index contributed by atoms with van der Waals surface area (Å²) in [7, 11) is 0. The van der Waals surface area contributed by atoms with E-state index in [9.17, 15) is 9.90 Å². The number of carbonyl (C=O) groups is 1. The first-order chi connectivity index (χ1) is 9.90. The summed E-state index contributed by atoms with van der Waals surface area (Å²) in [5.41, 5.74) is -1.01. The predicted molar refractivity (Wildman–Crippen MR) is 82.6 cm³/mol. The molecule has 0 aliphatic carbocycles. The van der Waals surface area contributed by atoms with Crippen molar-refractivity contribution in [3.8, 4) is 5.75 Å². The Morgan fingerprint density at radius 2 is 2.43 bits per heavy atom. The smallest absolute Gasteiger partial charge is 0.258 e. The van der Waals surface area contributed by atoms with E-state index in [1.54, 1.807) is 25.1 Å². The van der Waals surface area contributed by atoms with E-state index in [0.29, 0.717) is 23.8 Å². The Kier molecular flexibility index (Phi) is 5.48. The molecule has 1 amide bonds. The molecule has 0 bridgehead atoms. The first-order valence-corrected chi connectivity index (χ1v) is 7.76. The van der Waals surface area contributed by atoms with Gasteiger partial charge in [-0.3, -0.25) is 4.79 Å². The summed E-state index contributed by atoms with van der Waals surface area (Å²) < 4.78 is 11.5. The van der Waals surface area contributed by atoms with Crippen LogP contribution >= 0.6 is 27.5 Å². The summed E-state index contributed by atoms with van der Waals surface area (Å²) in [6.45, 7) is 2.27. The SMILES string of the molecule is CC1OCCC1(O)CNC(=O)COc1ccc(Br)cc1Cl. The molecule has 2 rings (SSSR count). The Hall–Kier alpha value is -0.820. The van der Waals surface area contributed by atoms with Crippen molar-refractivity contribution >= 4 is 33.4 Å². The van der Waals surface area contributed by atoms with Crippen LogP contribution in [-0.2, 0) is 9.53 Å². The van der Waals surface area contributed by atoms with Crippen molar-refractivity contribution < 1.29 is 19.4 Å². The Balaban J connectivity index is 1.80. The van der Waals surface area contributed by atoms with Crippen LogP contribution in [0, 0.1) is 0 Å². The predicted octanol–water partition coefficient (Wildman–Crippen LogP) is 2.14. The van der Waals surface area contributed by atoms with Crippen LogP contribution in [0.5, 0.6) is 5.75 Å². The Labute approximate surface area is 136 Å². The van der Waals surface area contributed by atoms with E-state index in [1.165, 1.54) is 0 Å². The van der Waals surface area contributed by atoms with Crippen LogP contribution in [0.3, 0.4) is 0 Å². The van der Waals surface area contributed by atoms with Gasteiger partial charge in [-0.2, -0.15) is 0 Å². The van der Waals surface area contributed by atoms with Gasteiger partial charge < -0.3 is 19.9 Å². The van der Waals surface area contributed by atoms with Crippen LogP contribution in [0.2, 0.25) is 5.02 Å². The fourth-order valence-electron chi connectivity index (χ4n) is 2.04. The highest BCUT2D eigenvalue weighted by molar-refractivity contribution is 9.10. The highest BCUT2D eigenvalue weighted by atomic mass is 79.9. The topological polar surface area (TPSA) is 67.8 Å². The molecule has 2 unspecified atom stereocenters. The molecule has 1 aromatic carbocycles. The highest BCUT2D eigenvalue weighted by Crippen LogP contribution is 2.27. The molecule has 5 nitrogen and oxygen atoms in total. The maximum absolute atomic E-state index is 11.8. The zero-order valence-corrected chi connectivity index (χ0v) is 13.9. The minimum absolute atomic E-state index is 0.143. The number of ether oxygens (including phenoxy) is 2. The van der Waals surface area contributed by atoms with Crippen molar-refractivity contribution in [1.82, 2.24) is 5.32 Å². The van der Waals surface area contributed by atoms with E-state index in [2.05, 4.69) is 21.2 Å². The highest BCUT2D eigenvalue weighted by Gasteiger charge is 2.39. The Morgan fingerprint density at radius 1 is 1.67 bits per heavy atom. The third-order valence-electron chi connectivity index (χ3n) is 3.50. The maximum atomic E-state index is 11.8. The van der Waals surface area contributed by atoms with Gasteiger partial charge in [0.15, 0.2) is 6.61 Å². The van der Waals surface area contributed by atoms with Gasteiger partial charge >= 0.3 is 0 Å².